The van der Waals surface area contributed by atoms with E-state index in [-0.39, 0.29) is 23.4 Å². The van der Waals surface area contributed by atoms with Crippen molar-refractivity contribution < 1.29 is 19.1 Å². The number of hydrogen-bond acceptors (Lipinski definition) is 4. The Labute approximate surface area is 133 Å². The van der Waals surface area contributed by atoms with E-state index in [0.717, 1.165) is 18.4 Å². The molecule has 1 saturated carbocycles. The maximum atomic E-state index is 12.4. The third kappa shape index (κ3) is 2.75. The van der Waals surface area contributed by atoms with Crippen molar-refractivity contribution in [2.75, 3.05) is 0 Å². The number of rotatable bonds is 3. The molecule has 0 saturated heterocycles. The highest BCUT2D eigenvalue weighted by molar-refractivity contribution is 6.14. The molecule has 0 radical (unpaired) electrons. The predicted molar refractivity (Wildman–Crippen MR) is 84.2 cm³/mol. The van der Waals surface area contributed by atoms with Gasteiger partial charge in [0.2, 0.25) is 5.78 Å². The van der Waals surface area contributed by atoms with Crippen molar-refractivity contribution >= 4 is 17.8 Å². The van der Waals surface area contributed by atoms with Crippen LogP contribution < -0.4 is 9.47 Å². The van der Waals surface area contributed by atoms with Crippen molar-refractivity contribution in [3.63, 3.8) is 0 Å². The molecule has 4 rings (SSSR count). The van der Waals surface area contributed by atoms with E-state index >= 15 is 0 Å². The molecule has 0 atom stereocenters. The largest absolute Gasteiger partial charge is 0.452 e. The first kappa shape index (κ1) is 13.8. The van der Waals surface area contributed by atoms with Crippen molar-refractivity contribution in [3.8, 4) is 11.5 Å². The lowest BCUT2D eigenvalue weighted by molar-refractivity contribution is -0.135. The van der Waals surface area contributed by atoms with Gasteiger partial charge in [0.1, 0.15) is 11.5 Å². The SMILES string of the molecule is O=C1C(=Cc2ccccc2)Oc2cc(OC(=O)C3CC3)ccc21. The van der Waals surface area contributed by atoms with Crippen LogP contribution in [-0.4, -0.2) is 11.8 Å². The third-order valence-electron chi connectivity index (χ3n) is 3.87. The van der Waals surface area contributed by atoms with Gasteiger partial charge in [0.05, 0.1) is 11.5 Å². The second kappa shape index (κ2) is 5.39. The molecular formula is C19H14O4. The number of allylic oxidation sites excluding steroid dienone is 1. The van der Waals surface area contributed by atoms with Gasteiger partial charge in [-0.3, -0.25) is 9.59 Å². The zero-order valence-corrected chi connectivity index (χ0v) is 12.3. The summed E-state index contributed by atoms with van der Waals surface area (Å²) in [5, 5.41) is 0. The van der Waals surface area contributed by atoms with E-state index in [2.05, 4.69) is 0 Å². The van der Waals surface area contributed by atoms with E-state index in [4.69, 9.17) is 9.47 Å². The fourth-order valence-electron chi connectivity index (χ4n) is 2.45. The fraction of sp³-hybridized carbons (Fsp3) is 0.158. The highest BCUT2D eigenvalue weighted by Crippen LogP contribution is 2.36. The molecular weight excluding hydrogens is 292 g/mol. The number of carbonyl (C=O) groups excluding carboxylic acids is 2. The van der Waals surface area contributed by atoms with Gasteiger partial charge in [-0.15, -0.1) is 0 Å². The summed E-state index contributed by atoms with van der Waals surface area (Å²) < 4.78 is 10.9. The second-order valence-corrected chi connectivity index (χ2v) is 5.70. The van der Waals surface area contributed by atoms with Crippen LogP contribution in [0.3, 0.4) is 0 Å². The molecule has 0 spiro atoms. The van der Waals surface area contributed by atoms with Crippen LogP contribution in [0.1, 0.15) is 28.8 Å². The molecule has 4 heteroatoms. The van der Waals surface area contributed by atoms with E-state index in [9.17, 15) is 9.59 Å². The summed E-state index contributed by atoms with van der Waals surface area (Å²) in [7, 11) is 0. The molecule has 2 aliphatic rings. The molecule has 114 valence electrons. The molecule has 0 unspecified atom stereocenters. The van der Waals surface area contributed by atoms with Gasteiger partial charge in [0.15, 0.2) is 5.76 Å². The van der Waals surface area contributed by atoms with E-state index in [1.54, 1.807) is 24.3 Å². The lowest BCUT2D eigenvalue weighted by Crippen LogP contribution is -2.09. The Hall–Kier alpha value is -2.88. The van der Waals surface area contributed by atoms with Crippen LogP contribution in [0.2, 0.25) is 0 Å². The minimum absolute atomic E-state index is 0.0272. The summed E-state index contributed by atoms with van der Waals surface area (Å²) in [6, 6.07) is 14.4. The molecule has 23 heavy (non-hydrogen) atoms. The average molecular weight is 306 g/mol. The van der Waals surface area contributed by atoms with Crippen LogP contribution in [0.5, 0.6) is 11.5 Å². The Balaban J connectivity index is 1.58. The van der Waals surface area contributed by atoms with Crippen LogP contribution in [0.4, 0.5) is 0 Å². The summed E-state index contributed by atoms with van der Waals surface area (Å²) in [5.74, 6) is 0.766. The van der Waals surface area contributed by atoms with Gasteiger partial charge in [-0.25, -0.2) is 0 Å². The van der Waals surface area contributed by atoms with E-state index < -0.39 is 0 Å². The number of ketones is 1. The minimum Gasteiger partial charge on any atom is -0.452 e. The number of benzene rings is 2. The highest BCUT2D eigenvalue weighted by atomic mass is 16.5. The maximum absolute atomic E-state index is 12.4. The van der Waals surface area contributed by atoms with Crippen LogP contribution >= 0.6 is 0 Å². The average Bonchev–Trinajstić information content (AvgIpc) is 3.36. The van der Waals surface area contributed by atoms with E-state index in [1.807, 2.05) is 30.3 Å². The number of ether oxygens (including phenoxy) is 2. The van der Waals surface area contributed by atoms with Gasteiger partial charge >= 0.3 is 5.97 Å². The Morgan fingerprint density at radius 3 is 2.65 bits per heavy atom. The first-order valence-corrected chi connectivity index (χ1v) is 7.56. The Kier molecular flexibility index (Phi) is 3.23. The molecule has 0 N–H and O–H groups in total. The van der Waals surface area contributed by atoms with Crippen LogP contribution in [0.25, 0.3) is 6.08 Å². The minimum atomic E-state index is -0.214. The molecule has 1 heterocycles. The highest BCUT2D eigenvalue weighted by Gasteiger charge is 2.32. The van der Waals surface area contributed by atoms with Gasteiger partial charge < -0.3 is 9.47 Å². The molecule has 4 nitrogen and oxygen atoms in total. The number of Topliss-reactive ketones (excluding diaryl/α,β-unsaturated/α-hetero) is 1. The van der Waals surface area contributed by atoms with Gasteiger partial charge in [-0.2, -0.15) is 0 Å². The Morgan fingerprint density at radius 2 is 1.91 bits per heavy atom. The number of carbonyl (C=O) groups is 2. The number of hydrogen-bond donors (Lipinski definition) is 0. The lowest BCUT2D eigenvalue weighted by Gasteiger charge is -2.04. The van der Waals surface area contributed by atoms with Crippen LogP contribution in [0, 0.1) is 5.92 Å². The molecule has 2 aromatic carbocycles. The van der Waals surface area contributed by atoms with Gasteiger partial charge in [-0.05, 0) is 36.6 Å². The van der Waals surface area contributed by atoms with Crippen molar-refractivity contribution in [1.82, 2.24) is 0 Å². The van der Waals surface area contributed by atoms with E-state index in [1.165, 1.54) is 0 Å². The van der Waals surface area contributed by atoms with Crippen LogP contribution in [0.15, 0.2) is 54.3 Å². The lowest BCUT2D eigenvalue weighted by atomic mass is 10.1. The van der Waals surface area contributed by atoms with Gasteiger partial charge in [-0.1, -0.05) is 30.3 Å². The van der Waals surface area contributed by atoms with Crippen molar-refractivity contribution in [2.45, 2.75) is 12.8 Å². The number of esters is 1. The van der Waals surface area contributed by atoms with Crippen LogP contribution in [-0.2, 0) is 4.79 Å². The third-order valence-corrected chi connectivity index (χ3v) is 3.87. The Bertz CT molecular complexity index is 817. The molecule has 1 aliphatic carbocycles. The Morgan fingerprint density at radius 1 is 1.13 bits per heavy atom. The summed E-state index contributed by atoms with van der Waals surface area (Å²) in [6.07, 6.45) is 3.49. The van der Waals surface area contributed by atoms with E-state index in [0.29, 0.717) is 17.1 Å². The monoisotopic (exact) mass is 306 g/mol. The molecule has 0 amide bonds. The molecule has 1 aliphatic heterocycles. The van der Waals surface area contributed by atoms with Crippen molar-refractivity contribution in [1.29, 1.82) is 0 Å². The topological polar surface area (TPSA) is 52.6 Å². The number of fused-ring (bicyclic) bond motifs is 1. The van der Waals surface area contributed by atoms with Gasteiger partial charge in [0, 0.05) is 6.07 Å². The summed E-state index contributed by atoms with van der Waals surface area (Å²) in [4.78, 5) is 24.1. The molecule has 2 aromatic rings. The summed E-state index contributed by atoms with van der Waals surface area (Å²) in [6.45, 7) is 0. The fourth-order valence-corrected chi connectivity index (χ4v) is 2.45. The zero-order valence-electron chi connectivity index (χ0n) is 12.3. The summed E-state index contributed by atoms with van der Waals surface area (Å²) >= 11 is 0. The first-order valence-electron chi connectivity index (χ1n) is 7.56. The molecule has 1 fully saturated rings. The smallest absolute Gasteiger partial charge is 0.314 e. The molecule has 0 aromatic heterocycles. The summed E-state index contributed by atoms with van der Waals surface area (Å²) in [5.41, 5.74) is 1.38. The van der Waals surface area contributed by atoms with Crippen molar-refractivity contribution in [2.24, 2.45) is 5.92 Å². The molecule has 0 bridgehead atoms. The zero-order chi connectivity index (χ0) is 15.8. The van der Waals surface area contributed by atoms with Crippen molar-refractivity contribution in [3.05, 3.63) is 65.4 Å². The normalized spacial score (nSPS) is 17.7. The van der Waals surface area contributed by atoms with Gasteiger partial charge in [0.25, 0.3) is 0 Å². The quantitative estimate of drug-likeness (QED) is 0.494. The standard InChI is InChI=1S/C19H14O4/c20-18-15-9-8-14(22-19(21)13-6-7-13)11-16(15)23-17(18)10-12-4-2-1-3-5-12/h1-5,8-11,13H,6-7H2. The maximum Gasteiger partial charge on any atom is 0.314 e. The first-order chi connectivity index (χ1) is 11.2. The second-order valence-electron chi connectivity index (χ2n) is 5.70. The predicted octanol–water partition coefficient (Wildman–Crippen LogP) is 3.62.